The molecule has 0 saturated carbocycles. The zero-order valence-corrected chi connectivity index (χ0v) is 15.4. The summed E-state index contributed by atoms with van der Waals surface area (Å²) in [6.07, 6.45) is 1.50. The second-order valence-corrected chi connectivity index (χ2v) is 6.67. The highest BCUT2D eigenvalue weighted by atomic mass is 16.3. The number of nitrogens with zero attached hydrogens (tertiary/aromatic N) is 1. The number of nitrogens with one attached hydrogen (secondary N) is 2. The van der Waals surface area contributed by atoms with E-state index in [9.17, 15) is 4.79 Å². The number of amides is 1. The summed E-state index contributed by atoms with van der Waals surface area (Å²) in [4.78, 5) is 16.1. The first-order chi connectivity index (χ1) is 14.3. The molecule has 140 valence electrons. The van der Waals surface area contributed by atoms with Crippen LogP contribution in [-0.2, 0) is 0 Å². The molecule has 5 rings (SSSR count). The fourth-order valence-corrected chi connectivity index (χ4v) is 3.49. The van der Waals surface area contributed by atoms with Crippen LogP contribution in [0.1, 0.15) is 16.2 Å². The number of hydrazone groups is 1. The molecule has 0 aliphatic carbocycles. The minimum Gasteiger partial charge on any atom is -0.455 e. The molecule has 2 heterocycles. The first-order valence-electron chi connectivity index (χ1n) is 9.28. The molecule has 0 aliphatic heterocycles. The van der Waals surface area contributed by atoms with Gasteiger partial charge in [0.05, 0.1) is 6.21 Å². The third-order valence-electron chi connectivity index (χ3n) is 4.80. The molecule has 0 aliphatic rings. The Kier molecular flexibility index (Phi) is 4.18. The van der Waals surface area contributed by atoms with Crippen LogP contribution < -0.4 is 5.43 Å². The van der Waals surface area contributed by atoms with Gasteiger partial charge in [-0.3, -0.25) is 4.79 Å². The monoisotopic (exact) mass is 379 g/mol. The Balaban J connectivity index is 1.46. The lowest BCUT2D eigenvalue weighted by atomic mass is 10.0. The molecule has 3 aromatic carbocycles. The van der Waals surface area contributed by atoms with Gasteiger partial charge in [-0.05, 0) is 23.8 Å². The van der Waals surface area contributed by atoms with Gasteiger partial charge in [0.15, 0.2) is 0 Å². The summed E-state index contributed by atoms with van der Waals surface area (Å²) >= 11 is 0. The maximum absolute atomic E-state index is 12.9. The molecule has 0 spiro atoms. The van der Waals surface area contributed by atoms with Crippen molar-refractivity contribution >= 4 is 34.0 Å². The van der Waals surface area contributed by atoms with Gasteiger partial charge >= 0.3 is 0 Å². The molecule has 0 fully saturated rings. The summed E-state index contributed by atoms with van der Waals surface area (Å²) in [7, 11) is 0. The highest BCUT2D eigenvalue weighted by Crippen LogP contribution is 2.32. The molecule has 0 bridgehead atoms. The number of aromatic amines is 1. The lowest BCUT2D eigenvalue weighted by Crippen LogP contribution is -2.18. The Bertz CT molecular complexity index is 1310. The van der Waals surface area contributed by atoms with Crippen molar-refractivity contribution in [1.29, 1.82) is 0 Å². The lowest BCUT2D eigenvalue weighted by molar-refractivity contribution is 0.0951. The van der Waals surface area contributed by atoms with Crippen molar-refractivity contribution in [3.05, 3.63) is 96.4 Å². The molecule has 5 nitrogen and oxygen atoms in total. The molecule has 2 N–H and O–H groups in total. The van der Waals surface area contributed by atoms with Gasteiger partial charge in [-0.1, -0.05) is 66.7 Å². The fraction of sp³-hybridized carbons (Fsp3) is 0. The van der Waals surface area contributed by atoms with Crippen LogP contribution in [0.15, 0.2) is 94.4 Å². The average molecular weight is 379 g/mol. The molecule has 0 radical (unpaired) electrons. The zero-order valence-electron chi connectivity index (χ0n) is 15.4. The molecule has 29 heavy (non-hydrogen) atoms. The molecular weight excluding hydrogens is 362 g/mol. The number of hydrogen-bond donors (Lipinski definition) is 2. The molecule has 5 aromatic rings. The number of carbonyl (C=O) groups excluding carboxylic acids is 1. The normalized spacial score (nSPS) is 11.4. The van der Waals surface area contributed by atoms with E-state index in [1.165, 1.54) is 6.21 Å². The van der Waals surface area contributed by atoms with Crippen LogP contribution in [0.4, 0.5) is 0 Å². The lowest BCUT2D eigenvalue weighted by Gasteiger charge is -2.04. The SMILES string of the molecule is O=C(NN=Cc1cc2ccccc2o1)c1[nH]c2ccccc2c1-c1ccccc1. The number of aromatic nitrogens is 1. The molecule has 0 saturated heterocycles. The van der Waals surface area contributed by atoms with Crippen molar-refractivity contribution in [2.24, 2.45) is 5.10 Å². The van der Waals surface area contributed by atoms with Crippen molar-refractivity contribution in [3.63, 3.8) is 0 Å². The van der Waals surface area contributed by atoms with Crippen LogP contribution >= 0.6 is 0 Å². The van der Waals surface area contributed by atoms with Crippen LogP contribution in [0.2, 0.25) is 0 Å². The van der Waals surface area contributed by atoms with Crippen LogP contribution in [0.25, 0.3) is 33.0 Å². The smallest absolute Gasteiger partial charge is 0.288 e. The Morgan fingerprint density at radius 1 is 0.931 bits per heavy atom. The van der Waals surface area contributed by atoms with Crippen molar-refractivity contribution in [1.82, 2.24) is 10.4 Å². The van der Waals surface area contributed by atoms with E-state index in [4.69, 9.17) is 4.42 Å². The van der Waals surface area contributed by atoms with Crippen molar-refractivity contribution in [2.45, 2.75) is 0 Å². The number of carbonyl (C=O) groups is 1. The van der Waals surface area contributed by atoms with E-state index in [0.717, 1.165) is 33.0 Å². The van der Waals surface area contributed by atoms with Gasteiger partial charge in [-0.2, -0.15) is 5.10 Å². The third kappa shape index (κ3) is 3.19. The van der Waals surface area contributed by atoms with E-state index in [1.807, 2.05) is 84.9 Å². The summed E-state index contributed by atoms with van der Waals surface area (Å²) in [5.41, 5.74) is 6.58. The quantitative estimate of drug-likeness (QED) is 0.327. The summed E-state index contributed by atoms with van der Waals surface area (Å²) in [6.45, 7) is 0. The van der Waals surface area contributed by atoms with Gasteiger partial charge in [-0.25, -0.2) is 5.43 Å². The van der Waals surface area contributed by atoms with Gasteiger partial charge in [0, 0.05) is 21.9 Å². The Labute approximate surface area is 166 Å². The molecule has 0 atom stereocenters. The fourth-order valence-electron chi connectivity index (χ4n) is 3.49. The Hall–Kier alpha value is -4.12. The second-order valence-electron chi connectivity index (χ2n) is 6.67. The van der Waals surface area contributed by atoms with Crippen LogP contribution in [0.3, 0.4) is 0 Å². The number of hydrogen-bond acceptors (Lipinski definition) is 3. The summed E-state index contributed by atoms with van der Waals surface area (Å²) in [5.74, 6) is 0.263. The number of fused-ring (bicyclic) bond motifs is 2. The minimum absolute atomic E-state index is 0.313. The number of furan rings is 1. The van der Waals surface area contributed by atoms with Crippen molar-refractivity contribution in [2.75, 3.05) is 0 Å². The topological polar surface area (TPSA) is 70.4 Å². The van der Waals surface area contributed by atoms with E-state index in [0.29, 0.717) is 11.5 Å². The molecule has 1 amide bonds. The number of rotatable bonds is 4. The first-order valence-corrected chi connectivity index (χ1v) is 9.28. The first kappa shape index (κ1) is 17.0. The predicted octanol–water partition coefficient (Wildman–Crippen LogP) is 5.35. The molecule has 5 heteroatoms. The Morgan fingerprint density at radius 3 is 2.55 bits per heavy atom. The standard InChI is InChI=1S/C24H17N3O2/c28-24(27-25-15-18-14-17-10-4-7-13-21(17)29-18)23-22(16-8-2-1-3-9-16)19-11-5-6-12-20(19)26-23/h1-15,26H,(H,27,28). The van der Waals surface area contributed by atoms with E-state index >= 15 is 0 Å². The third-order valence-corrected chi connectivity index (χ3v) is 4.80. The van der Waals surface area contributed by atoms with E-state index < -0.39 is 0 Å². The van der Waals surface area contributed by atoms with Crippen LogP contribution in [0, 0.1) is 0 Å². The van der Waals surface area contributed by atoms with Crippen molar-refractivity contribution < 1.29 is 9.21 Å². The summed E-state index contributed by atoms with van der Waals surface area (Å²) < 4.78 is 5.69. The molecule has 2 aromatic heterocycles. The highest BCUT2D eigenvalue weighted by molar-refractivity contribution is 6.09. The van der Waals surface area contributed by atoms with Gasteiger partial charge in [0.1, 0.15) is 17.0 Å². The molecular formula is C24H17N3O2. The summed E-state index contributed by atoms with van der Waals surface area (Å²) in [5, 5.41) is 6.06. The maximum Gasteiger partial charge on any atom is 0.288 e. The Morgan fingerprint density at radius 2 is 1.69 bits per heavy atom. The van der Waals surface area contributed by atoms with Crippen LogP contribution in [0.5, 0.6) is 0 Å². The van der Waals surface area contributed by atoms with E-state index in [2.05, 4.69) is 15.5 Å². The highest BCUT2D eigenvalue weighted by Gasteiger charge is 2.18. The van der Waals surface area contributed by atoms with Crippen molar-refractivity contribution in [3.8, 4) is 11.1 Å². The number of benzene rings is 3. The predicted molar refractivity (Wildman–Crippen MR) is 115 cm³/mol. The van der Waals surface area contributed by atoms with Gasteiger partial charge in [0.25, 0.3) is 5.91 Å². The average Bonchev–Trinajstić information content (AvgIpc) is 3.35. The largest absolute Gasteiger partial charge is 0.455 e. The van der Waals surface area contributed by atoms with Gasteiger partial charge in [0.2, 0.25) is 0 Å². The van der Waals surface area contributed by atoms with E-state index in [1.54, 1.807) is 0 Å². The van der Waals surface area contributed by atoms with Gasteiger partial charge in [-0.15, -0.1) is 0 Å². The second kappa shape index (κ2) is 7.13. The molecule has 0 unspecified atom stereocenters. The zero-order chi connectivity index (χ0) is 19.6. The summed E-state index contributed by atoms with van der Waals surface area (Å²) in [6, 6.07) is 27.3. The number of H-pyrrole nitrogens is 1. The minimum atomic E-state index is -0.313. The van der Waals surface area contributed by atoms with Crippen LogP contribution in [-0.4, -0.2) is 17.1 Å². The maximum atomic E-state index is 12.9. The van der Waals surface area contributed by atoms with Gasteiger partial charge < -0.3 is 9.40 Å². The number of para-hydroxylation sites is 2. The van der Waals surface area contributed by atoms with E-state index in [-0.39, 0.29) is 5.91 Å².